The van der Waals surface area contributed by atoms with Gasteiger partial charge in [0.15, 0.2) is 0 Å². The van der Waals surface area contributed by atoms with Gasteiger partial charge >= 0.3 is 6.03 Å². The quantitative estimate of drug-likeness (QED) is 0.349. The Morgan fingerprint density at radius 3 is 1.89 bits per heavy atom. The number of alkyl halides is 2. The number of carbonyl (C=O) groups is 3. The van der Waals surface area contributed by atoms with Crippen LogP contribution in [0.4, 0.5) is 4.79 Å². The molecule has 2 N–H and O–H groups in total. The van der Waals surface area contributed by atoms with Crippen molar-refractivity contribution in [3.63, 3.8) is 0 Å². The van der Waals surface area contributed by atoms with Gasteiger partial charge in [-0.15, -0.1) is 0 Å². The van der Waals surface area contributed by atoms with Crippen molar-refractivity contribution in [2.75, 3.05) is 8.86 Å². The molecule has 8 heteroatoms. The summed E-state index contributed by atoms with van der Waals surface area (Å²) < 4.78 is 7.19. The van der Waals surface area contributed by atoms with Gasteiger partial charge in [0.2, 0.25) is 11.8 Å². The summed E-state index contributed by atoms with van der Waals surface area (Å²) in [7, 11) is 0. The van der Waals surface area contributed by atoms with E-state index >= 15 is 0 Å². The van der Waals surface area contributed by atoms with E-state index in [0.29, 0.717) is 21.7 Å². The Balaban J connectivity index is 2.29. The van der Waals surface area contributed by atoms with Crippen molar-refractivity contribution >= 4 is 63.0 Å². The highest BCUT2D eigenvalue weighted by Gasteiger charge is 2.55. The number of hydrogen-bond acceptors (Lipinski definition) is 4. The molecule has 0 bridgehead atoms. The van der Waals surface area contributed by atoms with Crippen LogP contribution in [-0.4, -0.2) is 38.9 Å². The molecular formula is C10H12I2N2O4. The molecule has 2 saturated heterocycles. The molecule has 0 aromatic heterocycles. The van der Waals surface area contributed by atoms with Crippen molar-refractivity contribution in [3.05, 3.63) is 0 Å². The number of imide groups is 2. The van der Waals surface area contributed by atoms with Crippen LogP contribution in [-0.2, 0) is 14.3 Å². The van der Waals surface area contributed by atoms with Crippen LogP contribution in [0.15, 0.2) is 0 Å². The van der Waals surface area contributed by atoms with Crippen molar-refractivity contribution in [1.29, 1.82) is 0 Å². The first-order valence-corrected chi connectivity index (χ1v) is 8.51. The van der Waals surface area contributed by atoms with E-state index < -0.39 is 23.3 Å². The molecule has 0 aromatic rings. The zero-order valence-electron chi connectivity index (χ0n) is 9.37. The molecular weight excluding hydrogens is 466 g/mol. The van der Waals surface area contributed by atoms with Gasteiger partial charge in [-0.25, -0.2) is 4.79 Å². The fourth-order valence-electron chi connectivity index (χ4n) is 2.36. The monoisotopic (exact) mass is 478 g/mol. The number of amides is 4. The fraction of sp³-hybridized carbons (Fsp3) is 0.700. The van der Waals surface area contributed by atoms with Gasteiger partial charge < -0.3 is 4.74 Å². The SMILES string of the molecule is O=C1NC(=O)C2(CC(CI)OC(CI)C2)C(=O)N1. The number of barbiturate groups is 1. The van der Waals surface area contributed by atoms with Crippen molar-refractivity contribution in [2.45, 2.75) is 25.0 Å². The molecule has 1 spiro atoms. The van der Waals surface area contributed by atoms with E-state index in [4.69, 9.17) is 4.74 Å². The van der Waals surface area contributed by atoms with Crippen LogP contribution in [0.25, 0.3) is 0 Å². The van der Waals surface area contributed by atoms with E-state index in [1.165, 1.54) is 0 Å². The van der Waals surface area contributed by atoms with E-state index in [0.717, 1.165) is 0 Å². The topological polar surface area (TPSA) is 84.5 Å². The summed E-state index contributed by atoms with van der Waals surface area (Å²) in [6.45, 7) is 0. The van der Waals surface area contributed by atoms with Crippen molar-refractivity contribution in [3.8, 4) is 0 Å². The molecule has 2 rings (SSSR count). The molecule has 2 aliphatic heterocycles. The van der Waals surface area contributed by atoms with Crippen LogP contribution in [0.1, 0.15) is 12.8 Å². The molecule has 0 saturated carbocycles. The predicted octanol–water partition coefficient (Wildman–Crippen LogP) is 0.756. The van der Waals surface area contributed by atoms with Gasteiger partial charge in [0.05, 0.1) is 12.2 Å². The van der Waals surface area contributed by atoms with Gasteiger partial charge in [-0.05, 0) is 12.8 Å². The summed E-state index contributed by atoms with van der Waals surface area (Å²) in [5.41, 5.74) is -1.15. The number of nitrogens with one attached hydrogen (secondary N) is 2. The average Bonchev–Trinajstić information content (AvgIpc) is 2.35. The second-order valence-corrected chi connectivity index (χ2v) is 6.18. The van der Waals surface area contributed by atoms with Crippen LogP contribution < -0.4 is 10.6 Å². The molecule has 2 fully saturated rings. The summed E-state index contributed by atoms with van der Waals surface area (Å²) in [6.07, 6.45) is 0.384. The van der Waals surface area contributed by atoms with Crippen molar-refractivity contribution in [1.82, 2.24) is 10.6 Å². The summed E-state index contributed by atoms with van der Waals surface area (Å²) >= 11 is 4.35. The minimum atomic E-state index is -1.15. The second kappa shape index (κ2) is 5.57. The number of halogens is 2. The maximum absolute atomic E-state index is 12.1. The standard InChI is InChI=1S/C10H12I2N2O4/c11-3-5-1-10(2-6(4-12)18-5)7(15)13-9(17)14-8(10)16/h5-6H,1-4H2,(H2,13,14,15,16,17). The normalized spacial score (nSPS) is 31.1. The average molecular weight is 478 g/mol. The maximum atomic E-state index is 12.1. The summed E-state index contributed by atoms with van der Waals surface area (Å²) in [6, 6.07) is -0.737. The van der Waals surface area contributed by atoms with Crippen LogP contribution >= 0.6 is 45.2 Å². The zero-order chi connectivity index (χ0) is 13.3. The first kappa shape index (κ1) is 14.4. The van der Waals surface area contributed by atoms with Crippen molar-refractivity contribution < 1.29 is 19.1 Å². The lowest BCUT2D eigenvalue weighted by Crippen LogP contribution is -2.65. The molecule has 18 heavy (non-hydrogen) atoms. The van der Waals surface area contributed by atoms with Crippen LogP contribution in [0.2, 0.25) is 0 Å². The smallest absolute Gasteiger partial charge is 0.328 e. The molecule has 100 valence electrons. The molecule has 2 aliphatic rings. The highest BCUT2D eigenvalue weighted by molar-refractivity contribution is 14.1. The molecule has 6 nitrogen and oxygen atoms in total. The first-order chi connectivity index (χ1) is 8.51. The Bertz CT molecular complexity index is 367. The van der Waals surface area contributed by atoms with E-state index in [1.807, 2.05) is 0 Å². The minimum Gasteiger partial charge on any atom is -0.373 e. The molecule has 2 heterocycles. The minimum absolute atomic E-state index is 0.135. The highest BCUT2D eigenvalue weighted by Crippen LogP contribution is 2.39. The first-order valence-electron chi connectivity index (χ1n) is 5.46. The molecule has 0 aromatic carbocycles. The second-order valence-electron chi connectivity index (χ2n) is 4.42. The molecule has 2 unspecified atom stereocenters. The van der Waals surface area contributed by atoms with E-state index in [1.54, 1.807) is 0 Å². The highest BCUT2D eigenvalue weighted by atomic mass is 127. The Labute approximate surface area is 131 Å². The van der Waals surface area contributed by atoms with Crippen LogP contribution in [0.5, 0.6) is 0 Å². The third-order valence-electron chi connectivity index (χ3n) is 3.20. The Morgan fingerprint density at radius 2 is 1.50 bits per heavy atom. The third-order valence-corrected chi connectivity index (χ3v) is 5.17. The largest absolute Gasteiger partial charge is 0.373 e. The zero-order valence-corrected chi connectivity index (χ0v) is 13.7. The summed E-state index contributed by atoms with van der Waals surface area (Å²) in [5.74, 6) is -0.992. The lowest BCUT2D eigenvalue weighted by atomic mass is 9.73. The Kier molecular flexibility index (Phi) is 4.47. The number of hydrogen-bond donors (Lipinski definition) is 2. The number of rotatable bonds is 2. The predicted molar refractivity (Wildman–Crippen MR) is 79.8 cm³/mol. The number of urea groups is 1. The Hall–Kier alpha value is 0.0300. The van der Waals surface area contributed by atoms with Gasteiger partial charge in [0, 0.05) is 8.86 Å². The number of carbonyl (C=O) groups excluding carboxylic acids is 3. The van der Waals surface area contributed by atoms with Gasteiger partial charge in [0.25, 0.3) is 0 Å². The lowest BCUT2D eigenvalue weighted by Gasteiger charge is -2.42. The van der Waals surface area contributed by atoms with Gasteiger partial charge in [-0.2, -0.15) is 0 Å². The van der Waals surface area contributed by atoms with Crippen molar-refractivity contribution in [2.24, 2.45) is 5.41 Å². The molecule has 4 amide bonds. The lowest BCUT2D eigenvalue weighted by molar-refractivity contribution is -0.159. The fourth-order valence-corrected chi connectivity index (χ4v) is 3.40. The van der Waals surface area contributed by atoms with Crippen LogP contribution in [0, 0.1) is 5.41 Å². The number of ether oxygens (including phenoxy) is 1. The van der Waals surface area contributed by atoms with Gasteiger partial charge in [-0.1, -0.05) is 45.2 Å². The van der Waals surface area contributed by atoms with E-state index in [-0.39, 0.29) is 12.2 Å². The maximum Gasteiger partial charge on any atom is 0.328 e. The summed E-state index contributed by atoms with van der Waals surface area (Å²) in [5, 5.41) is 4.38. The van der Waals surface area contributed by atoms with E-state index in [9.17, 15) is 14.4 Å². The summed E-state index contributed by atoms with van der Waals surface area (Å²) in [4.78, 5) is 35.2. The third kappa shape index (κ3) is 2.50. The molecule has 0 aliphatic carbocycles. The van der Waals surface area contributed by atoms with E-state index in [2.05, 4.69) is 55.8 Å². The Morgan fingerprint density at radius 1 is 1.06 bits per heavy atom. The van der Waals surface area contributed by atoms with Gasteiger partial charge in [-0.3, -0.25) is 20.2 Å². The van der Waals surface area contributed by atoms with Gasteiger partial charge in [0.1, 0.15) is 5.41 Å². The van der Waals surface area contributed by atoms with Crippen LogP contribution in [0.3, 0.4) is 0 Å². The molecule has 0 radical (unpaired) electrons. The molecule has 2 atom stereocenters.